The highest BCUT2D eigenvalue weighted by molar-refractivity contribution is 7.53. The zero-order valence-electron chi connectivity index (χ0n) is 9.97. The molecule has 16 heavy (non-hydrogen) atoms. The molecule has 0 rings (SSSR count). The molecule has 0 heterocycles. The molecule has 0 bridgehead atoms. The fraction of sp³-hybridized carbons (Fsp3) is 0.700. The Morgan fingerprint density at radius 1 is 1.25 bits per heavy atom. The Bertz CT molecular complexity index is 266. The number of unbranched alkanes of at least 4 members (excludes halogenated alkanes) is 1. The lowest BCUT2D eigenvalue weighted by molar-refractivity contribution is -0.137. The molecule has 0 aliphatic rings. The molecule has 0 radical (unpaired) electrons. The summed E-state index contributed by atoms with van der Waals surface area (Å²) in [7, 11) is -0.197. The minimum absolute atomic E-state index is 0.316. The highest BCUT2D eigenvalue weighted by Crippen LogP contribution is 2.46. The molecule has 0 saturated carbocycles. The molecule has 0 aliphatic heterocycles. The topological polar surface area (TPSA) is 61.8 Å². The third kappa shape index (κ3) is 6.77. The standard InChI is InChI=1S/C10H19O5P/c1-4-7-10(11)15-8-5-6-9-16(12,13-2)14-3/h4,7H,5-6,8-9H2,1-3H3. The first-order valence-corrected chi connectivity index (χ1v) is 6.80. The van der Waals surface area contributed by atoms with E-state index in [2.05, 4.69) is 0 Å². The van der Waals surface area contributed by atoms with E-state index in [9.17, 15) is 9.36 Å². The van der Waals surface area contributed by atoms with Crippen LogP contribution < -0.4 is 0 Å². The molecule has 94 valence electrons. The molecule has 6 heteroatoms. The molecule has 0 aromatic rings. The minimum Gasteiger partial charge on any atom is -0.463 e. The molecular weight excluding hydrogens is 231 g/mol. The van der Waals surface area contributed by atoms with E-state index >= 15 is 0 Å². The number of rotatable bonds is 8. The summed E-state index contributed by atoms with van der Waals surface area (Å²) >= 11 is 0. The van der Waals surface area contributed by atoms with Crippen molar-refractivity contribution in [2.24, 2.45) is 0 Å². The fourth-order valence-corrected chi connectivity index (χ4v) is 2.15. The summed E-state index contributed by atoms with van der Waals surface area (Å²) in [5, 5.41) is 0. The Balaban J connectivity index is 3.61. The second kappa shape index (κ2) is 8.50. The third-order valence-corrected chi connectivity index (χ3v) is 3.91. The second-order valence-electron chi connectivity index (χ2n) is 3.07. The first kappa shape index (κ1) is 15.4. The molecule has 0 unspecified atom stereocenters. The maximum absolute atomic E-state index is 11.6. The number of hydrogen-bond donors (Lipinski definition) is 0. The molecule has 0 aromatic heterocycles. The SMILES string of the molecule is CC=CC(=O)OCCCCP(=O)(OC)OC. The van der Waals surface area contributed by atoms with Gasteiger partial charge < -0.3 is 13.8 Å². The molecule has 0 saturated heterocycles. The van der Waals surface area contributed by atoms with Crippen molar-refractivity contribution in [2.75, 3.05) is 27.0 Å². The molecule has 0 amide bonds. The Kier molecular flexibility index (Phi) is 8.16. The van der Waals surface area contributed by atoms with Crippen molar-refractivity contribution in [2.45, 2.75) is 19.8 Å². The van der Waals surface area contributed by atoms with Gasteiger partial charge in [0.25, 0.3) is 0 Å². The predicted octanol–water partition coefficient (Wildman–Crippen LogP) is 2.37. The van der Waals surface area contributed by atoms with Crippen LogP contribution in [0.5, 0.6) is 0 Å². The molecule has 0 aliphatic carbocycles. The Morgan fingerprint density at radius 3 is 2.38 bits per heavy atom. The van der Waals surface area contributed by atoms with Gasteiger partial charge in [0.15, 0.2) is 0 Å². The lowest BCUT2D eigenvalue weighted by atomic mass is 10.4. The normalized spacial score (nSPS) is 11.9. The van der Waals surface area contributed by atoms with Crippen molar-refractivity contribution >= 4 is 13.6 Å². The van der Waals surface area contributed by atoms with Crippen molar-refractivity contribution in [3.05, 3.63) is 12.2 Å². The van der Waals surface area contributed by atoms with E-state index in [4.69, 9.17) is 13.8 Å². The minimum atomic E-state index is -2.91. The Hall–Kier alpha value is -0.640. The van der Waals surface area contributed by atoms with Gasteiger partial charge in [0.1, 0.15) is 0 Å². The maximum Gasteiger partial charge on any atom is 0.330 e. The molecule has 0 fully saturated rings. The van der Waals surface area contributed by atoms with Crippen LogP contribution in [0.2, 0.25) is 0 Å². The summed E-state index contributed by atoms with van der Waals surface area (Å²) in [4.78, 5) is 10.9. The first-order chi connectivity index (χ1) is 7.58. The van der Waals surface area contributed by atoms with Crippen LogP contribution in [0.3, 0.4) is 0 Å². The van der Waals surface area contributed by atoms with Gasteiger partial charge in [-0.3, -0.25) is 4.57 Å². The second-order valence-corrected chi connectivity index (χ2v) is 5.47. The van der Waals surface area contributed by atoms with E-state index in [1.807, 2.05) is 0 Å². The van der Waals surface area contributed by atoms with Crippen molar-refractivity contribution in [1.29, 1.82) is 0 Å². The van der Waals surface area contributed by atoms with Gasteiger partial charge in [-0.25, -0.2) is 4.79 Å². The number of hydrogen-bond acceptors (Lipinski definition) is 5. The smallest absolute Gasteiger partial charge is 0.330 e. The largest absolute Gasteiger partial charge is 0.463 e. The van der Waals surface area contributed by atoms with Gasteiger partial charge in [-0.1, -0.05) is 6.08 Å². The summed E-state index contributed by atoms with van der Waals surface area (Å²) < 4.78 is 26.0. The van der Waals surface area contributed by atoms with Gasteiger partial charge >= 0.3 is 13.6 Å². The lowest BCUT2D eigenvalue weighted by Gasteiger charge is -2.12. The molecule has 0 spiro atoms. The summed E-state index contributed by atoms with van der Waals surface area (Å²) in [6.45, 7) is 2.06. The highest BCUT2D eigenvalue weighted by atomic mass is 31.2. The highest BCUT2D eigenvalue weighted by Gasteiger charge is 2.19. The molecule has 0 aromatic carbocycles. The van der Waals surface area contributed by atoms with E-state index < -0.39 is 7.60 Å². The summed E-state index contributed by atoms with van der Waals surface area (Å²) in [5.41, 5.74) is 0. The maximum atomic E-state index is 11.6. The quantitative estimate of drug-likeness (QED) is 0.286. The van der Waals surface area contributed by atoms with Gasteiger partial charge in [-0.05, 0) is 19.8 Å². The van der Waals surface area contributed by atoms with Crippen molar-refractivity contribution < 1.29 is 23.1 Å². The predicted molar refractivity (Wildman–Crippen MR) is 61.5 cm³/mol. The molecule has 0 atom stereocenters. The van der Waals surface area contributed by atoms with Gasteiger partial charge in [0, 0.05) is 20.3 Å². The Morgan fingerprint density at radius 2 is 1.88 bits per heavy atom. The number of carbonyl (C=O) groups is 1. The van der Waals surface area contributed by atoms with Crippen LogP contribution in [0, 0.1) is 0 Å². The fourth-order valence-electron chi connectivity index (χ4n) is 1.02. The average Bonchev–Trinajstić information content (AvgIpc) is 2.28. The van der Waals surface area contributed by atoms with E-state index in [1.165, 1.54) is 20.3 Å². The van der Waals surface area contributed by atoms with E-state index in [1.54, 1.807) is 13.0 Å². The molecular formula is C10H19O5P. The van der Waals surface area contributed by atoms with Crippen LogP contribution in [0.15, 0.2) is 12.2 Å². The number of esters is 1. The van der Waals surface area contributed by atoms with Crippen molar-refractivity contribution in [3.8, 4) is 0 Å². The van der Waals surface area contributed by atoms with Crippen molar-refractivity contribution in [1.82, 2.24) is 0 Å². The summed E-state index contributed by atoms with van der Waals surface area (Å²) in [5.74, 6) is -0.357. The van der Waals surface area contributed by atoms with Gasteiger partial charge in [0.05, 0.1) is 12.8 Å². The molecule has 0 N–H and O–H groups in total. The van der Waals surface area contributed by atoms with E-state index in [0.717, 1.165) is 0 Å². The van der Waals surface area contributed by atoms with E-state index in [0.29, 0.717) is 25.6 Å². The van der Waals surface area contributed by atoms with Crippen molar-refractivity contribution in [3.63, 3.8) is 0 Å². The van der Waals surface area contributed by atoms with Crippen LogP contribution in [-0.2, 0) is 23.1 Å². The number of carbonyl (C=O) groups excluding carboxylic acids is 1. The van der Waals surface area contributed by atoms with Crippen LogP contribution in [-0.4, -0.2) is 33.0 Å². The van der Waals surface area contributed by atoms with Crippen LogP contribution >= 0.6 is 7.60 Å². The molecule has 5 nitrogen and oxygen atoms in total. The first-order valence-electron chi connectivity index (χ1n) is 5.08. The van der Waals surface area contributed by atoms with Crippen LogP contribution in [0.4, 0.5) is 0 Å². The average molecular weight is 250 g/mol. The van der Waals surface area contributed by atoms with Gasteiger partial charge in [-0.2, -0.15) is 0 Å². The van der Waals surface area contributed by atoms with E-state index in [-0.39, 0.29) is 5.97 Å². The third-order valence-electron chi connectivity index (χ3n) is 1.93. The zero-order chi connectivity index (χ0) is 12.4. The summed E-state index contributed by atoms with van der Waals surface area (Å²) in [6, 6.07) is 0. The summed E-state index contributed by atoms with van der Waals surface area (Å²) in [6.07, 6.45) is 4.57. The number of ether oxygens (including phenoxy) is 1. The van der Waals surface area contributed by atoms with Crippen LogP contribution in [0.1, 0.15) is 19.8 Å². The van der Waals surface area contributed by atoms with Gasteiger partial charge in [-0.15, -0.1) is 0 Å². The van der Waals surface area contributed by atoms with Crippen LogP contribution in [0.25, 0.3) is 0 Å². The van der Waals surface area contributed by atoms with Gasteiger partial charge in [0.2, 0.25) is 0 Å². The monoisotopic (exact) mass is 250 g/mol. The Labute approximate surface area is 96.3 Å². The zero-order valence-corrected chi connectivity index (χ0v) is 10.9. The number of allylic oxidation sites excluding steroid dienone is 1. The lowest BCUT2D eigenvalue weighted by Crippen LogP contribution is -2.03.